The molecule has 1 aromatic heterocycles. The molecule has 1 aliphatic carbocycles. The van der Waals surface area contributed by atoms with Crippen LogP contribution in [-0.2, 0) is 10.2 Å². The minimum atomic E-state index is -0.720. The molecule has 0 aliphatic heterocycles. The van der Waals surface area contributed by atoms with Gasteiger partial charge in [0.05, 0.1) is 18.2 Å². The average molecular weight is 368 g/mol. The number of hydrogen-bond acceptors (Lipinski definition) is 5. The van der Waals surface area contributed by atoms with E-state index in [0.29, 0.717) is 5.13 Å². The quantitative estimate of drug-likeness (QED) is 0.721. The van der Waals surface area contributed by atoms with Crippen LogP contribution in [0.25, 0.3) is 11.3 Å². The molecule has 1 fully saturated rings. The molecule has 0 spiro atoms. The molecule has 0 bridgehead atoms. The van der Waals surface area contributed by atoms with Gasteiger partial charge in [-0.3, -0.25) is 4.79 Å². The van der Waals surface area contributed by atoms with Gasteiger partial charge >= 0.3 is 5.97 Å². The normalized spacial score (nSPS) is 14.0. The Bertz CT molecular complexity index is 872. The molecule has 1 heterocycles. The maximum absolute atomic E-state index is 11.0. The fourth-order valence-electron chi connectivity index (χ4n) is 2.69. The molecule has 5 nitrogen and oxygen atoms in total. The van der Waals surface area contributed by atoms with Crippen LogP contribution in [0.5, 0.6) is 5.75 Å². The molecule has 3 aromatic rings. The van der Waals surface area contributed by atoms with E-state index >= 15 is 0 Å². The van der Waals surface area contributed by atoms with E-state index in [1.165, 1.54) is 11.3 Å². The Morgan fingerprint density at radius 2 is 1.81 bits per heavy atom. The van der Waals surface area contributed by atoms with E-state index in [9.17, 15) is 4.79 Å². The molecule has 3 N–H and O–H groups in total. The lowest BCUT2D eigenvalue weighted by Gasteiger charge is -2.10. The van der Waals surface area contributed by atoms with Crippen molar-refractivity contribution in [2.24, 2.45) is 0 Å². The number of aliphatic carboxylic acids is 1. The van der Waals surface area contributed by atoms with E-state index in [-0.39, 0.29) is 0 Å². The number of carboxylic acid groups (broad SMARTS) is 1. The maximum atomic E-state index is 11.0. The van der Waals surface area contributed by atoms with Crippen LogP contribution in [0.15, 0.2) is 60.0 Å². The summed E-state index contributed by atoms with van der Waals surface area (Å²) in [5.74, 6) is 0.0394. The molecular formula is C20H20N2O3S. The molecule has 26 heavy (non-hydrogen) atoms. The molecule has 1 saturated carbocycles. The smallest absolute Gasteiger partial charge is 0.314 e. The summed E-state index contributed by atoms with van der Waals surface area (Å²) in [5, 5.41) is 11.6. The standard InChI is InChI=1S/C11H12O3.C9H8N2S/c1-14-9-4-2-8(3-5-9)11(6-7-11)10(12)13;10-9-11-8(6-12-9)7-4-2-1-3-5-7/h2-5H,6-7H2,1H3,(H,12,13);1-6H,(H2,10,11). The molecule has 0 radical (unpaired) electrons. The van der Waals surface area contributed by atoms with Crippen LogP contribution in [-0.4, -0.2) is 23.2 Å². The second-order valence-corrected chi connectivity index (χ2v) is 6.94. The molecule has 0 amide bonds. The van der Waals surface area contributed by atoms with Gasteiger partial charge in [-0.15, -0.1) is 11.3 Å². The van der Waals surface area contributed by atoms with Crippen LogP contribution in [0.1, 0.15) is 18.4 Å². The summed E-state index contributed by atoms with van der Waals surface area (Å²) in [7, 11) is 1.60. The van der Waals surface area contributed by atoms with Crippen LogP contribution in [0.2, 0.25) is 0 Å². The van der Waals surface area contributed by atoms with Crippen molar-refractivity contribution in [2.45, 2.75) is 18.3 Å². The lowest BCUT2D eigenvalue weighted by Crippen LogP contribution is -2.19. The molecule has 4 rings (SSSR count). The summed E-state index contributed by atoms with van der Waals surface area (Å²) >= 11 is 1.47. The fourth-order valence-corrected chi connectivity index (χ4v) is 3.26. The zero-order valence-electron chi connectivity index (χ0n) is 14.4. The number of benzene rings is 2. The highest BCUT2D eigenvalue weighted by atomic mass is 32.1. The van der Waals surface area contributed by atoms with Gasteiger partial charge in [0.15, 0.2) is 5.13 Å². The zero-order valence-corrected chi connectivity index (χ0v) is 15.2. The second-order valence-electron chi connectivity index (χ2n) is 6.05. The van der Waals surface area contributed by atoms with E-state index < -0.39 is 11.4 Å². The molecule has 1 aliphatic rings. The van der Waals surface area contributed by atoms with Gasteiger partial charge in [0, 0.05) is 10.9 Å². The third-order valence-electron chi connectivity index (χ3n) is 4.39. The maximum Gasteiger partial charge on any atom is 0.314 e. The van der Waals surface area contributed by atoms with Crippen LogP contribution in [0.4, 0.5) is 5.13 Å². The molecule has 6 heteroatoms. The van der Waals surface area contributed by atoms with Gasteiger partial charge in [-0.05, 0) is 30.5 Å². The van der Waals surface area contributed by atoms with E-state index in [2.05, 4.69) is 4.98 Å². The number of nitrogen functional groups attached to an aromatic ring is 1. The Hall–Kier alpha value is -2.86. The monoisotopic (exact) mass is 368 g/mol. The Balaban J connectivity index is 0.000000152. The molecule has 2 aromatic carbocycles. The molecule has 0 atom stereocenters. The summed E-state index contributed by atoms with van der Waals surface area (Å²) < 4.78 is 5.02. The lowest BCUT2D eigenvalue weighted by molar-refractivity contribution is -0.140. The minimum Gasteiger partial charge on any atom is -0.497 e. The van der Waals surface area contributed by atoms with Crippen LogP contribution >= 0.6 is 11.3 Å². The van der Waals surface area contributed by atoms with Crippen molar-refractivity contribution < 1.29 is 14.6 Å². The zero-order chi connectivity index (χ0) is 18.6. The number of methoxy groups -OCH3 is 1. The van der Waals surface area contributed by atoms with E-state index in [0.717, 1.165) is 35.4 Å². The van der Waals surface area contributed by atoms with Crippen molar-refractivity contribution in [3.05, 3.63) is 65.5 Å². The van der Waals surface area contributed by atoms with E-state index in [1.54, 1.807) is 19.2 Å². The van der Waals surface area contributed by atoms with Gasteiger partial charge in [-0.25, -0.2) is 4.98 Å². The summed E-state index contributed by atoms with van der Waals surface area (Å²) in [4.78, 5) is 15.2. The number of thiazole rings is 1. The molecule has 0 unspecified atom stereocenters. The van der Waals surface area contributed by atoms with Crippen molar-refractivity contribution in [2.75, 3.05) is 12.8 Å². The summed E-state index contributed by atoms with van der Waals surface area (Å²) in [6, 6.07) is 17.3. The second kappa shape index (κ2) is 7.58. The Labute approximate surface area is 156 Å². The topological polar surface area (TPSA) is 85.4 Å². The van der Waals surface area contributed by atoms with Crippen LogP contribution in [0.3, 0.4) is 0 Å². The number of nitrogens with two attached hydrogens (primary N) is 1. The lowest BCUT2D eigenvalue weighted by atomic mass is 9.96. The number of rotatable bonds is 4. The first-order valence-electron chi connectivity index (χ1n) is 8.19. The number of ether oxygens (including phenoxy) is 1. The first-order valence-corrected chi connectivity index (χ1v) is 9.07. The summed E-state index contributed by atoms with van der Waals surface area (Å²) in [6.07, 6.45) is 1.49. The van der Waals surface area contributed by atoms with Crippen LogP contribution < -0.4 is 10.5 Å². The number of carboxylic acids is 1. The van der Waals surface area contributed by atoms with Gasteiger partial charge in [-0.2, -0.15) is 0 Å². The SMILES string of the molecule is COc1ccc(C2(C(=O)O)CC2)cc1.Nc1nc(-c2ccccc2)cs1. The summed E-state index contributed by atoms with van der Waals surface area (Å²) in [6.45, 7) is 0. The first kappa shape index (κ1) is 17.9. The number of anilines is 1. The Morgan fingerprint density at radius 1 is 1.15 bits per heavy atom. The predicted octanol–water partition coefficient (Wildman–Crippen LogP) is 4.20. The van der Waals surface area contributed by atoms with Crippen molar-refractivity contribution in [1.82, 2.24) is 4.98 Å². The highest BCUT2D eigenvalue weighted by Crippen LogP contribution is 2.48. The third kappa shape index (κ3) is 3.86. The Kier molecular flexibility index (Phi) is 5.23. The minimum absolute atomic E-state index is 0.605. The highest BCUT2D eigenvalue weighted by molar-refractivity contribution is 7.13. The van der Waals surface area contributed by atoms with Crippen LogP contribution in [0, 0.1) is 0 Å². The molecular weight excluding hydrogens is 348 g/mol. The fraction of sp³-hybridized carbons (Fsp3) is 0.200. The highest BCUT2D eigenvalue weighted by Gasteiger charge is 2.51. The van der Waals surface area contributed by atoms with Crippen molar-refractivity contribution >= 4 is 22.4 Å². The van der Waals surface area contributed by atoms with Gasteiger partial charge in [-0.1, -0.05) is 42.5 Å². The first-order chi connectivity index (χ1) is 12.5. The third-order valence-corrected chi connectivity index (χ3v) is 5.07. The van der Waals surface area contributed by atoms with Gasteiger partial charge in [0.25, 0.3) is 0 Å². The number of carbonyl (C=O) groups is 1. The van der Waals surface area contributed by atoms with Gasteiger partial charge in [0.2, 0.25) is 0 Å². The van der Waals surface area contributed by atoms with Gasteiger partial charge in [0.1, 0.15) is 5.75 Å². The van der Waals surface area contributed by atoms with Gasteiger partial charge < -0.3 is 15.6 Å². The van der Waals surface area contributed by atoms with Crippen molar-refractivity contribution in [3.8, 4) is 17.0 Å². The van der Waals surface area contributed by atoms with Crippen molar-refractivity contribution in [3.63, 3.8) is 0 Å². The largest absolute Gasteiger partial charge is 0.497 e. The van der Waals surface area contributed by atoms with E-state index in [1.807, 2.05) is 47.8 Å². The molecule has 0 saturated heterocycles. The molecule has 134 valence electrons. The predicted molar refractivity (Wildman–Crippen MR) is 104 cm³/mol. The number of nitrogens with zero attached hydrogens (tertiary/aromatic N) is 1. The van der Waals surface area contributed by atoms with E-state index in [4.69, 9.17) is 15.6 Å². The number of hydrogen-bond donors (Lipinski definition) is 2. The van der Waals surface area contributed by atoms with Crippen molar-refractivity contribution in [1.29, 1.82) is 0 Å². The summed E-state index contributed by atoms with van der Waals surface area (Å²) in [5.41, 5.74) is 7.87. The average Bonchev–Trinajstić information content (AvgIpc) is 3.39. The number of aromatic nitrogens is 1. The Morgan fingerprint density at radius 3 is 2.27 bits per heavy atom.